The molecular weight excluding hydrogens is 310 g/mol. The van der Waals surface area contributed by atoms with E-state index < -0.39 is 10.0 Å². The SMILES string of the molecule is CCCCCS(=O)(=O)n1ccc2c(N3CCNCC3)cccc21. The van der Waals surface area contributed by atoms with Crippen molar-refractivity contribution in [2.24, 2.45) is 0 Å². The van der Waals surface area contributed by atoms with Crippen LogP contribution in [0.2, 0.25) is 0 Å². The first-order chi connectivity index (χ1) is 11.1. The molecule has 1 N–H and O–H groups in total. The van der Waals surface area contributed by atoms with Crippen LogP contribution in [0.5, 0.6) is 0 Å². The van der Waals surface area contributed by atoms with Crippen LogP contribution in [0, 0.1) is 0 Å². The van der Waals surface area contributed by atoms with Gasteiger partial charge in [0.05, 0.1) is 11.3 Å². The van der Waals surface area contributed by atoms with Crippen molar-refractivity contribution in [2.75, 3.05) is 36.8 Å². The summed E-state index contributed by atoms with van der Waals surface area (Å²) in [5, 5.41) is 4.37. The second-order valence-corrected chi connectivity index (χ2v) is 8.05. The van der Waals surface area contributed by atoms with Gasteiger partial charge >= 0.3 is 0 Å². The summed E-state index contributed by atoms with van der Waals surface area (Å²) in [7, 11) is -3.28. The molecule has 23 heavy (non-hydrogen) atoms. The fourth-order valence-corrected chi connectivity index (χ4v) is 4.65. The van der Waals surface area contributed by atoms with Gasteiger partial charge in [-0.3, -0.25) is 0 Å². The molecular formula is C17H25N3O2S. The smallest absolute Gasteiger partial charge is 0.238 e. The van der Waals surface area contributed by atoms with Gasteiger partial charge in [0.25, 0.3) is 0 Å². The van der Waals surface area contributed by atoms with Gasteiger partial charge in [0.2, 0.25) is 10.0 Å². The first kappa shape index (κ1) is 16.3. The van der Waals surface area contributed by atoms with E-state index in [-0.39, 0.29) is 5.75 Å². The van der Waals surface area contributed by atoms with Crippen molar-refractivity contribution in [3.8, 4) is 0 Å². The Balaban J connectivity index is 1.95. The third-order valence-electron chi connectivity index (χ3n) is 4.44. The third kappa shape index (κ3) is 3.38. The molecule has 6 heteroatoms. The number of nitrogens with zero attached hydrogens (tertiary/aromatic N) is 2. The van der Waals surface area contributed by atoms with E-state index in [9.17, 15) is 8.42 Å². The molecule has 126 valence electrons. The molecule has 0 saturated carbocycles. The molecule has 0 unspecified atom stereocenters. The van der Waals surface area contributed by atoms with E-state index in [4.69, 9.17) is 0 Å². The number of hydrogen-bond acceptors (Lipinski definition) is 4. The molecule has 0 spiro atoms. The first-order valence-corrected chi connectivity index (χ1v) is 10.0. The molecule has 1 aliphatic rings. The zero-order valence-corrected chi connectivity index (χ0v) is 14.5. The van der Waals surface area contributed by atoms with E-state index >= 15 is 0 Å². The van der Waals surface area contributed by atoms with Crippen molar-refractivity contribution in [1.82, 2.24) is 9.29 Å². The molecule has 1 aromatic heterocycles. The quantitative estimate of drug-likeness (QED) is 0.824. The second kappa shape index (κ2) is 6.93. The van der Waals surface area contributed by atoms with Crippen molar-refractivity contribution in [3.05, 3.63) is 30.5 Å². The monoisotopic (exact) mass is 335 g/mol. The highest BCUT2D eigenvalue weighted by atomic mass is 32.2. The van der Waals surface area contributed by atoms with Crippen LogP contribution in [0.15, 0.2) is 30.5 Å². The Morgan fingerprint density at radius 1 is 1.13 bits per heavy atom. The Labute approximate surface area is 138 Å². The number of nitrogens with one attached hydrogen (secondary N) is 1. The highest BCUT2D eigenvalue weighted by molar-refractivity contribution is 7.90. The van der Waals surface area contributed by atoms with Gasteiger partial charge in [0.15, 0.2) is 0 Å². The molecule has 0 aliphatic carbocycles. The number of benzene rings is 1. The Bertz CT molecular complexity index is 761. The molecule has 1 fully saturated rings. The Hall–Kier alpha value is -1.53. The van der Waals surface area contributed by atoms with Crippen LogP contribution in [0.25, 0.3) is 10.9 Å². The van der Waals surface area contributed by atoms with Crippen molar-refractivity contribution in [1.29, 1.82) is 0 Å². The summed E-state index contributed by atoms with van der Waals surface area (Å²) >= 11 is 0. The van der Waals surface area contributed by atoms with Crippen LogP contribution in [0.1, 0.15) is 26.2 Å². The lowest BCUT2D eigenvalue weighted by atomic mass is 10.2. The first-order valence-electron chi connectivity index (χ1n) is 8.42. The molecule has 2 aromatic rings. The standard InChI is InChI=1S/C17H25N3O2S/c1-2-3-4-14-23(21,22)20-11-8-15-16(6-5-7-17(15)20)19-12-9-18-10-13-19/h5-8,11,18H,2-4,9-10,12-14H2,1H3. The lowest BCUT2D eigenvalue weighted by Crippen LogP contribution is -2.43. The van der Waals surface area contributed by atoms with Gasteiger partial charge in [-0.15, -0.1) is 0 Å². The molecule has 3 rings (SSSR count). The van der Waals surface area contributed by atoms with Crippen LogP contribution in [-0.2, 0) is 10.0 Å². The molecule has 1 aliphatic heterocycles. The summed E-state index contributed by atoms with van der Waals surface area (Å²) in [5.41, 5.74) is 1.92. The molecule has 0 atom stereocenters. The predicted molar refractivity (Wildman–Crippen MR) is 95.7 cm³/mol. The average Bonchev–Trinajstić information content (AvgIpc) is 3.00. The lowest BCUT2D eigenvalue weighted by molar-refractivity contribution is 0.584. The Morgan fingerprint density at radius 3 is 2.65 bits per heavy atom. The third-order valence-corrected chi connectivity index (χ3v) is 6.16. The molecule has 1 saturated heterocycles. The van der Waals surface area contributed by atoms with Crippen molar-refractivity contribution >= 4 is 26.6 Å². The van der Waals surface area contributed by atoms with Crippen LogP contribution >= 0.6 is 0 Å². The normalized spacial score (nSPS) is 16.1. The highest BCUT2D eigenvalue weighted by Gasteiger charge is 2.19. The number of fused-ring (bicyclic) bond motifs is 1. The zero-order valence-electron chi connectivity index (χ0n) is 13.7. The van der Waals surface area contributed by atoms with Crippen molar-refractivity contribution in [2.45, 2.75) is 26.2 Å². The van der Waals surface area contributed by atoms with Crippen molar-refractivity contribution < 1.29 is 8.42 Å². The lowest BCUT2D eigenvalue weighted by Gasteiger charge is -2.30. The maximum absolute atomic E-state index is 12.6. The van der Waals surface area contributed by atoms with Gasteiger partial charge in [0, 0.05) is 43.4 Å². The van der Waals surface area contributed by atoms with Gasteiger partial charge in [-0.05, 0) is 24.6 Å². The minimum Gasteiger partial charge on any atom is -0.368 e. The Morgan fingerprint density at radius 2 is 1.91 bits per heavy atom. The Kier molecular flexibility index (Phi) is 4.92. The van der Waals surface area contributed by atoms with Gasteiger partial charge in [-0.1, -0.05) is 25.8 Å². The predicted octanol–water partition coefficient (Wildman–Crippen LogP) is 2.42. The number of anilines is 1. The summed E-state index contributed by atoms with van der Waals surface area (Å²) in [5.74, 6) is 0.211. The number of hydrogen-bond donors (Lipinski definition) is 1. The summed E-state index contributed by atoms with van der Waals surface area (Å²) < 4.78 is 26.7. The maximum Gasteiger partial charge on any atom is 0.238 e. The van der Waals surface area contributed by atoms with Gasteiger partial charge in [-0.2, -0.15) is 0 Å². The second-order valence-electron chi connectivity index (χ2n) is 6.08. The molecule has 1 aromatic carbocycles. The molecule has 0 radical (unpaired) electrons. The van der Waals surface area contributed by atoms with E-state index in [0.717, 1.165) is 62.0 Å². The molecule has 0 amide bonds. The summed E-state index contributed by atoms with van der Waals surface area (Å²) in [6.45, 7) is 5.91. The molecule has 5 nitrogen and oxygen atoms in total. The number of rotatable bonds is 6. The van der Waals surface area contributed by atoms with E-state index in [0.29, 0.717) is 0 Å². The van der Waals surface area contributed by atoms with Crippen LogP contribution < -0.4 is 10.2 Å². The van der Waals surface area contributed by atoms with Crippen LogP contribution in [0.4, 0.5) is 5.69 Å². The van der Waals surface area contributed by atoms with Crippen LogP contribution in [-0.4, -0.2) is 44.3 Å². The van der Waals surface area contributed by atoms with Gasteiger partial charge < -0.3 is 10.2 Å². The van der Waals surface area contributed by atoms with E-state index in [1.807, 2.05) is 18.2 Å². The largest absolute Gasteiger partial charge is 0.368 e. The molecule has 0 bridgehead atoms. The fraction of sp³-hybridized carbons (Fsp3) is 0.529. The van der Waals surface area contributed by atoms with E-state index in [1.54, 1.807) is 6.20 Å². The summed E-state index contributed by atoms with van der Waals surface area (Å²) in [4.78, 5) is 2.33. The minimum atomic E-state index is -3.28. The molecule has 2 heterocycles. The number of piperazine rings is 1. The van der Waals surface area contributed by atoms with Gasteiger partial charge in [-0.25, -0.2) is 12.4 Å². The fourth-order valence-electron chi connectivity index (χ4n) is 3.18. The summed E-state index contributed by atoms with van der Waals surface area (Å²) in [6.07, 6.45) is 4.40. The van der Waals surface area contributed by atoms with Crippen LogP contribution in [0.3, 0.4) is 0 Å². The number of aromatic nitrogens is 1. The highest BCUT2D eigenvalue weighted by Crippen LogP contribution is 2.29. The summed E-state index contributed by atoms with van der Waals surface area (Å²) in [6, 6.07) is 7.88. The maximum atomic E-state index is 12.6. The van der Waals surface area contributed by atoms with Gasteiger partial charge in [0.1, 0.15) is 0 Å². The minimum absolute atomic E-state index is 0.211. The zero-order chi connectivity index (χ0) is 16.3. The topological polar surface area (TPSA) is 54.3 Å². The number of unbranched alkanes of at least 4 members (excludes halogenated alkanes) is 2. The van der Waals surface area contributed by atoms with Crippen molar-refractivity contribution in [3.63, 3.8) is 0 Å². The van der Waals surface area contributed by atoms with E-state index in [1.165, 1.54) is 3.97 Å². The van der Waals surface area contributed by atoms with E-state index in [2.05, 4.69) is 23.2 Å². The average molecular weight is 335 g/mol.